The van der Waals surface area contributed by atoms with Crippen LogP contribution in [0.15, 0.2) is 28.0 Å². The molecule has 1 aliphatic heterocycles. The van der Waals surface area contributed by atoms with Gasteiger partial charge in [-0.05, 0) is 31.0 Å². The summed E-state index contributed by atoms with van der Waals surface area (Å²) in [5.41, 5.74) is 0.529. The lowest BCUT2D eigenvalue weighted by molar-refractivity contribution is -0.121. The van der Waals surface area contributed by atoms with Crippen LogP contribution in [0.5, 0.6) is 0 Å². The van der Waals surface area contributed by atoms with E-state index in [1.165, 1.54) is 17.8 Å². The minimum atomic E-state index is -3.59. The summed E-state index contributed by atoms with van der Waals surface area (Å²) in [7, 11) is -3.59. The van der Waals surface area contributed by atoms with Gasteiger partial charge in [0.25, 0.3) is 0 Å². The van der Waals surface area contributed by atoms with Gasteiger partial charge in [0.05, 0.1) is 16.3 Å². The Morgan fingerprint density at radius 1 is 1.31 bits per heavy atom. The summed E-state index contributed by atoms with van der Waals surface area (Å²) < 4.78 is 25.2. The number of carbonyl (C=O) groups is 2. The number of thioether (sulfide) groups is 1. The number of amides is 2. The van der Waals surface area contributed by atoms with Crippen LogP contribution in [0, 0.1) is 5.92 Å². The summed E-state index contributed by atoms with van der Waals surface area (Å²) in [6, 6.07) is 4.97. The Labute approximate surface area is 158 Å². The molecule has 3 rings (SSSR count). The monoisotopic (exact) mass is 396 g/mol. The van der Waals surface area contributed by atoms with Crippen molar-refractivity contribution in [2.24, 2.45) is 5.92 Å². The zero-order valence-electron chi connectivity index (χ0n) is 14.8. The van der Waals surface area contributed by atoms with Crippen LogP contribution in [0.25, 0.3) is 0 Å². The third-order valence-corrected chi connectivity index (χ3v) is 7.87. The molecule has 6 nitrogen and oxygen atoms in total. The number of anilines is 1. The van der Waals surface area contributed by atoms with Gasteiger partial charge in [-0.1, -0.05) is 19.8 Å². The second kappa shape index (κ2) is 8.00. The number of rotatable bonds is 5. The predicted octanol–water partition coefficient (Wildman–Crippen LogP) is 2.59. The second-order valence-electron chi connectivity index (χ2n) is 6.98. The van der Waals surface area contributed by atoms with Gasteiger partial charge in [-0.25, -0.2) is 8.42 Å². The molecule has 0 bridgehead atoms. The van der Waals surface area contributed by atoms with E-state index in [0.717, 1.165) is 30.6 Å². The minimum absolute atomic E-state index is 0.0476. The first-order valence-electron chi connectivity index (χ1n) is 8.95. The highest BCUT2D eigenvalue weighted by molar-refractivity contribution is 7.99. The van der Waals surface area contributed by atoms with Crippen LogP contribution < -0.4 is 10.6 Å². The minimum Gasteiger partial charge on any atom is -0.353 e. The van der Waals surface area contributed by atoms with Crippen molar-refractivity contribution in [2.75, 3.05) is 16.8 Å². The zero-order chi connectivity index (χ0) is 18.7. The molecule has 1 fully saturated rings. The number of hydrogen-bond acceptors (Lipinski definition) is 5. The van der Waals surface area contributed by atoms with Gasteiger partial charge in [0.1, 0.15) is 0 Å². The molecule has 8 heteroatoms. The molecule has 0 aromatic heterocycles. The van der Waals surface area contributed by atoms with E-state index >= 15 is 0 Å². The van der Waals surface area contributed by atoms with Crippen LogP contribution in [0.2, 0.25) is 0 Å². The SMILES string of the molecule is C[C@@H]1CSc2ccc(S(=O)(=O)CCC(=O)NC3CCCC3)cc2NC1=O. The normalized spacial score (nSPS) is 21.0. The third kappa shape index (κ3) is 4.59. The van der Waals surface area contributed by atoms with E-state index in [-0.39, 0.29) is 40.8 Å². The highest BCUT2D eigenvalue weighted by Gasteiger charge is 2.24. The van der Waals surface area contributed by atoms with Crippen LogP contribution in [-0.4, -0.2) is 37.8 Å². The van der Waals surface area contributed by atoms with Crippen molar-refractivity contribution in [3.63, 3.8) is 0 Å². The van der Waals surface area contributed by atoms with Gasteiger partial charge in [0.2, 0.25) is 11.8 Å². The average molecular weight is 397 g/mol. The van der Waals surface area contributed by atoms with Crippen molar-refractivity contribution in [1.29, 1.82) is 0 Å². The molecule has 1 heterocycles. The van der Waals surface area contributed by atoms with Gasteiger partial charge in [0, 0.05) is 29.0 Å². The Morgan fingerprint density at radius 2 is 2.04 bits per heavy atom. The van der Waals surface area contributed by atoms with Crippen molar-refractivity contribution in [2.45, 2.75) is 54.9 Å². The fraction of sp³-hybridized carbons (Fsp3) is 0.556. The predicted molar refractivity (Wildman–Crippen MR) is 102 cm³/mol. The molecule has 0 saturated heterocycles. The summed E-state index contributed by atoms with van der Waals surface area (Å²) >= 11 is 1.53. The molecule has 2 aliphatic rings. The maximum absolute atomic E-state index is 12.6. The summed E-state index contributed by atoms with van der Waals surface area (Å²) in [4.78, 5) is 25.0. The second-order valence-corrected chi connectivity index (χ2v) is 10.1. The average Bonchev–Trinajstić information content (AvgIpc) is 3.06. The quantitative estimate of drug-likeness (QED) is 0.798. The van der Waals surface area contributed by atoms with Gasteiger partial charge < -0.3 is 10.6 Å². The lowest BCUT2D eigenvalue weighted by atomic mass is 10.2. The van der Waals surface area contributed by atoms with Crippen molar-refractivity contribution in [3.05, 3.63) is 18.2 Å². The third-order valence-electron chi connectivity index (χ3n) is 4.82. The summed E-state index contributed by atoms with van der Waals surface area (Å²) in [6.07, 6.45) is 4.12. The zero-order valence-corrected chi connectivity index (χ0v) is 16.4. The van der Waals surface area contributed by atoms with Crippen LogP contribution in [-0.2, 0) is 19.4 Å². The summed E-state index contributed by atoms with van der Waals surface area (Å²) in [6.45, 7) is 1.84. The molecular weight excluding hydrogens is 372 g/mol. The molecule has 0 unspecified atom stereocenters. The highest BCUT2D eigenvalue weighted by atomic mass is 32.2. The first-order valence-corrected chi connectivity index (χ1v) is 11.6. The Balaban J connectivity index is 1.66. The van der Waals surface area contributed by atoms with E-state index in [9.17, 15) is 18.0 Å². The smallest absolute Gasteiger partial charge is 0.228 e. The number of carbonyl (C=O) groups excluding carboxylic acids is 2. The Morgan fingerprint density at radius 3 is 2.77 bits per heavy atom. The van der Waals surface area contributed by atoms with E-state index in [0.29, 0.717) is 11.4 Å². The van der Waals surface area contributed by atoms with E-state index < -0.39 is 9.84 Å². The molecule has 1 aromatic rings. The largest absolute Gasteiger partial charge is 0.353 e. The van der Waals surface area contributed by atoms with Crippen LogP contribution in [0.1, 0.15) is 39.0 Å². The summed E-state index contributed by atoms with van der Waals surface area (Å²) in [5.74, 6) is -0.0323. The number of fused-ring (bicyclic) bond motifs is 1. The van der Waals surface area contributed by atoms with E-state index in [2.05, 4.69) is 10.6 Å². The van der Waals surface area contributed by atoms with Gasteiger partial charge in [-0.3, -0.25) is 9.59 Å². The topological polar surface area (TPSA) is 92.3 Å². The van der Waals surface area contributed by atoms with Crippen molar-refractivity contribution < 1.29 is 18.0 Å². The molecule has 0 spiro atoms. The molecule has 1 aliphatic carbocycles. The van der Waals surface area contributed by atoms with E-state index in [1.54, 1.807) is 12.1 Å². The number of sulfone groups is 1. The fourth-order valence-corrected chi connectivity index (χ4v) is 5.46. The molecule has 2 N–H and O–H groups in total. The molecule has 142 valence electrons. The van der Waals surface area contributed by atoms with E-state index in [1.807, 2.05) is 6.92 Å². The van der Waals surface area contributed by atoms with E-state index in [4.69, 9.17) is 0 Å². The van der Waals surface area contributed by atoms with Crippen LogP contribution >= 0.6 is 11.8 Å². The Kier molecular flexibility index (Phi) is 5.92. The molecule has 2 amide bonds. The number of benzene rings is 1. The van der Waals surface area contributed by atoms with Crippen molar-refractivity contribution >= 4 is 39.1 Å². The maximum Gasteiger partial charge on any atom is 0.228 e. The molecule has 1 aromatic carbocycles. The Bertz CT molecular complexity index is 801. The van der Waals surface area contributed by atoms with Gasteiger partial charge in [0.15, 0.2) is 9.84 Å². The fourth-order valence-electron chi connectivity index (χ4n) is 3.19. The van der Waals surface area contributed by atoms with Gasteiger partial charge in [-0.15, -0.1) is 11.8 Å². The first kappa shape index (κ1) is 19.2. The lowest BCUT2D eigenvalue weighted by Gasteiger charge is -2.12. The summed E-state index contributed by atoms with van der Waals surface area (Å²) in [5, 5.41) is 5.70. The van der Waals surface area contributed by atoms with Gasteiger partial charge >= 0.3 is 0 Å². The molecule has 0 radical (unpaired) electrons. The number of hydrogen-bond donors (Lipinski definition) is 2. The Hall–Kier alpha value is -1.54. The van der Waals surface area contributed by atoms with Gasteiger partial charge in [-0.2, -0.15) is 0 Å². The molecule has 1 saturated carbocycles. The number of nitrogens with one attached hydrogen (secondary N) is 2. The van der Waals surface area contributed by atoms with Crippen LogP contribution in [0.4, 0.5) is 5.69 Å². The molecule has 26 heavy (non-hydrogen) atoms. The maximum atomic E-state index is 12.6. The molecule has 1 atom stereocenters. The standard InChI is InChI=1S/C18H24N2O4S2/c1-12-11-25-16-7-6-14(10-15(16)20-18(12)22)26(23,24)9-8-17(21)19-13-4-2-3-5-13/h6-7,10,12-13H,2-5,8-9,11H2,1H3,(H,19,21)(H,20,22)/t12-/m1/s1. The van der Waals surface area contributed by atoms with Crippen molar-refractivity contribution in [1.82, 2.24) is 5.32 Å². The first-order chi connectivity index (χ1) is 12.3. The highest BCUT2D eigenvalue weighted by Crippen LogP contribution is 2.34. The lowest BCUT2D eigenvalue weighted by Crippen LogP contribution is -2.33. The van der Waals surface area contributed by atoms with Crippen molar-refractivity contribution in [3.8, 4) is 0 Å². The molecular formula is C18H24N2O4S2. The van der Waals surface area contributed by atoms with Crippen LogP contribution in [0.3, 0.4) is 0 Å².